The van der Waals surface area contributed by atoms with E-state index in [1.807, 2.05) is 36.4 Å². The van der Waals surface area contributed by atoms with Gasteiger partial charge in [0, 0.05) is 5.69 Å². The standard InChI is InChI=1S/C18H20N2O2.ClH/c19-14-9-10-15-13(11-14)7-4-8-16(15)20-18(22)17(21)12-5-2-1-3-6-12;/h1-3,5-6,9-11,16-17,21H,4,7-8,19H2,(H,20,22);1H. The van der Waals surface area contributed by atoms with Crippen LogP contribution in [0.25, 0.3) is 0 Å². The van der Waals surface area contributed by atoms with Gasteiger partial charge in [-0.2, -0.15) is 0 Å². The Labute approximate surface area is 142 Å². The third-order valence-electron chi connectivity index (χ3n) is 4.16. The molecule has 0 radical (unpaired) electrons. The lowest BCUT2D eigenvalue weighted by molar-refractivity contribution is -0.130. The second-order valence-electron chi connectivity index (χ2n) is 5.72. The first-order chi connectivity index (χ1) is 10.6. The average molecular weight is 333 g/mol. The molecule has 0 fully saturated rings. The average Bonchev–Trinajstić information content (AvgIpc) is 2.55. The van der Waals surface area contributed by atoms with Crippen molar-refractivity contribution >= 4 is 24.0 Å². The molecule has 2 aromatic rings. The van der Waals surface area contributed by atoms with Gasteiger partial charge < -0.3 is 16.2 Å². The van der Waals surface area contributed by atoms with Gasteiger partial charge in [-0.05, 0) is 48.1 Å². The zero-order valence-electron chi connectivity index (χ0n) is 12.7. The predicted octanol–water partition coefficient (Wildman–Crippen LogP) is 2.92. The van der Waals surface area contributed by atoms with E-state index in [0.29, 0.717) is 5.56 Å². The number of anilines is 1. The zero-order valence-corrected chi connectivity index (χ0v) is 13.6. The highest BCUT2D eigenvalue weighted by Gasteiger charge is 2.25. The van der Waals surface area contributed by atoms with Crippen molar-refractivity contribution in [1.29, 1.82) is 0 Å². The Bertz CT molecular complexity index is 676. The molecule has 0 spiro atoms. The third kappa shape index (κ3) is 3.84. The summed E-state index contributed by atoms with van der Waals surface area (Å²) in [7, 11) is 0. The number of nitrogens with one attached hydrogen (secondary N) is 1. The third-order valence-corrected chi connectivity index (χ3v) is 4.16. The molecule has 4 N–H and O–H groups in total. The van der Waals surface area contributed by atoms with E-state index in [1.54, 1.807) is 12.1 Å². The molecule has 1 amide bonds. The van der Waals surface area contributed by atoms with Crippen LogP contribution >= 0.6 is 12.4 Å². The maximum Gasteiger partial charge on any atom is 0.253 e. The Balaban J connectivity index is 0.00000192. The summed E-state index contributed by atoms with van der Waals surface area (Å²) >= 11 is 0. The van der Waals surface area contributed by atoms with Gasteiger partial charge in [-0.15, -0.1) is 12.4 Å². The van der Waals surface area contributed by atoms with Gasteiger partial charge in [0.25, 0.3) is 5.91 Å². The molecule has 23 heavy (non-hydrogen) atoms. The number of amides is 1. The fourth-order valence-electron chi connectivity index (χ4n) is 3.02. The summed E-state index contributed by atoms with van der Waals surface area (Å²) in [6.07, 6.45) is 1.72. The van der Waals surface area contributed by atoms with Crippen molar-refractivity contribution in [2.24, 2.45) is 0 Å². The minimum Gasteiger partial charge on any atom is -0.399 e. The fourth-order valence-corrected chi connectivity index (χ4v) is 3.02. The zero-order chi connectivity index (χ0) is 15.5. The van der Waals surface area contributed by atoms with Gasteiger partial charge >= 0.3 is 0 Å². The molecule has 0 saturated carbocycles. The summed E-state index contributed by atoms with van der Waals surface area (Å²) in [5.74, 6) is -0.360. The van der Waals surface area contributed by atoms with Crippen LogP contribution < -0.4 is 11.1 Å². The fraction of sp³-hybridized carbons (Fsp3) is 0.278. The molecule has 2 unspecified atom stereocenters. The van der Waals surface area contributed by atoms with Crippen molar-refractivity contribution < 1.29 is 9.90 Å². The van der Waals surface area contributed by atoms with E-state index < -0.39 is 6.10 Å². The molecule has 2 aromatic carbocycles. The number of fused-ring (bicyclic) bond motifs is 1. The van der Waals surface area contributed by atoms with Crippen molar-refractivity contribution in [3.8, 4) is 0 Å². The Kier molecular flexibility index (Phi) is 5.64. The summed E-state index contributed by atoms with van der Waals surface area (Å²) in [5, 5.41) is 13.1. The molecule has 3 rings (SSSR count). The minimum absolute atomic E-state index is 0. The number of nitrogen functional groups attached to an aromatic ring is 1. The van der Waals surface area contributed by atoms with E-state index in [2.05, 4.69) is 5.32 Å². The van der Waals surface area contributed by atoms with Crippen molar-refractivity contribution in [1.82, 2.24) is 5.32 Å². The van der Waals surface area contributed by atoms with Crippen molar-refractivity contribution in [2.45, 2.75) is 31.4 Å². The molecule has 5 heteroatoms. The summed E-state index contributed by atoms with van der Waals surface area (Å²) in [6, 6.07) is 14.7. The van der Waals surface area contributed by atoms with Crippen LogP contribution in [0.2, 0.25) is 0 Å². The van der Waals surface area contributed by atoms with E-state index in [9.17, 15) is 9.90 Å². The monoisotopic (exact) mass is 332 g/mol. The first kappa shape index (κ1) is 17.3. The summed E-state index contributed by atoms with van der Waals surface area (Å²) in [4.78, 5) is 12.3. The van der Waals surface area contributed by atoms with Gasteiger partial charge in [0.15, 0.2) is 6.10 Å². The number of aliphatic hydroxyl groups is 1. The molecule has 2 atom stereocenters. The maximum atomic E-state index is 12.3. The van der Waals surface area contributed by atoms with Crippen LogP contribution in [0, 0.1) is 0 Å². The van der Waals surface area contributed by atoms with Crippen LogP contribution in [-0.4, -0.2) is 11.0 Å². The van der Waals surface area contributed by atoms with Crippen molar-refractivity contribution in [3.63, 3.8) is 0 Å². The number of benzene rings is 2. The van der Waals surface area contributed by atoms with Gasteiger partial charge in [-0.1, -0.05) is 36.4 Å². The normalized spacial score (nSPS) is 17.5. The molecular formula is C18H21ClN2O2. The lowest BCUT2D eigenvalue weighted by Crippen LogP contribution is -2.34. The lowest BCUT2D eigenvalue weighted by atomic mass is 9.87. The molecule has 1 aliphatic rings. The Hall–Kier alpha value is -2.04. The van der Waals surface area contributed by atoms with E-state index in [1.165, 1.54) is 5.56 Å². The van der Waals surface area contributed by atoms with Crippen LogP contribution in [0.3, 0.4) is 0 Å². The van der Waals surface area contributed by atoms with Crippen LogP contribution in [0.5, 0.6) is 0 Å². The summed E-state index contributed by atoms with van der Waals surface area (Å²) in [5.41, 5.74) is 9.47. The number of hydrogen-bond donors (Lipinski definition) is 3. The van der Waals surface area contributed by atoms with E-state index in [0.717, 1.165) is 30.5 Å². The SMILES string of the molecule is Cl.Nc1ccc2c(c1)CCCC2NC(=O)C(O)c1ccccc1. The second kappa shape index (κ2) is 7.49. The minimum atomic E-state index is -1.14. The molecule has 0 saturated heterocycles. The molecule has 122 valence electrons. The number of carbonyl (C=O) groups excluding carboxylic acids is 1. The van der Waals surface area contributed by atoms with E-state index in [-0.39, 0.29) is 24.4 Å². The molecule has 1 aliphatic carbocycles. The van der Waals surface area contributed by atoms with Gasteiger partial charge in [-0.3, -0.25) is 4.79 Å². The summed E-state index contributed by atoms with van der Waals surface area (Å²) < 4.78 is 0. The Morgan fingerprint density at radius 1 is 1.22 bits per heavy atom. The van der Waals surface area contributed by atoms with Crippen LogP contribution in [0.4, 0.5) is 5.69 Å². The largest absolute Gasteiger partial charge is 0.399 e. The molecule has 0 aliphatic heterocycles. The van der Waals surface area contributed by atoms with Crippen molar-refractivity contribution in [3.05, 3.63) is 65.2 Å². The number of halogens is 1. The first-order valence-corrected chi connectivity index (χ1v) is 7.57. The lowest BCUT2D eigenvalue weighted by Gasteiger charge is -2.27. The topological polar surface area (TPSA) is 75.3 Å². The van der Waals surface area contributed by atoms with Crippen LogP contribution in [0.15, 0.2) is 48.5 Å². The number of carbonyl (C=O) groups is 1. The molecular weight excluding hydrogens is 312 g/mol. The van der Waals surface area contributed by atoms with Crippen molar-refractivity contribution in [2.75, 3.05) is 5.73 Å². The van der Waals surface area contributed by atoms with Crippen LogP contribution in [-0.2, 0) is 11.2 Å². The molecule has 0 heterocycles. The highest BCUT2D eigenvalue weighted by molar-refractivity contribution is 5.85. The Morgan fingerprint density at radius 3 is 2.70 bits per heavy atom. The first-order valence-electron chi connectivity index (χ1n) is 7.57. The number of nitrogens with two attached hydrogens (primary N) is 1. The predicted molar refractivity (Wildman–Crippen MR) is 93.3 cm³/mol. The Morgan fingerprint density at radius 2 is 1.96 bits per heavy atom. The van der Waals surface area contributed by atoms with Gasteiger partial charge in [0.05, 0.1) is 6.04 Å². The number of aryl methyl sites for hydroxylation is 1. The number of rotatable bonds is 3. The van der Waals surface area contributed by atoms with Gasteiger partial charge in [-0.25, -0.2) is 0 Å². The molecule has 4 nitrogen and oxygen atoms in total. The van der Waals surface area contributed by atoms with Gasteiger partial charge in [0.1, 0.15) is 0 Å². The van der Waals surface area contributed by atoms with Gasteiger partial charge in [0.2, 0.25) is 0 Å². The number of hydrogen-bond acceptors (Lipinski definition) is 3. The highest BCUT2D eigenvalue weighted by atomic mass is 35.5. The quantitative estimate of drug-likeness (QED) is 0.756. The van der Waals surface area contributed by atoms with E-state index >= 15 is 0 Å². The molecule has 0 aromatic heterocycles. The second-order valence-corrected chi connectivity index (χ2v) is 5.72. The molecule has 0 bridgehead atoms. The maximum absolute atomic E-state index is 12.3. The smallest absolute Gasteiger partial charge is 0.253 e. The number of aliphatic hydroxyl groups excluding tert-OH is 1. The summed E-state index contributed by atoms with van der Waals surface area (Å²) in [6.45, 7) is 0. The van der Waals surface area contributed by atoms with E-state index in [4.69, 9.17) is 5.73 Å². The highest BCUT2D eigenvalue weighted by Crippen LogP contribution is 2.31. The van der Waals surface area contributed by atoms with Crippen LogP contribution in [0.1, 0.15) is 41.7 Å².